The fourth-order valence-corrected chi connectivity index (χ4v) is 8.28. The molecule has 1 aliphatic carbocycles. The summed E-state index contributed by atoms with van der Waals surface area (Å²) in [5.74, 6) is 0.106. The van der Waals surface area contributed by atoms with Crippen molar-refractivity contribution in [2.75, 3.05) is 44.3 Å². The van der Waals surface area contributed by atoms with E-state index in [1.54, 1.807) is 22.9 Å². The van der Waals surface area contributed by atoms with Crippen molar-refractivity contribution in [3.63, 3.8) is 0 Å². The number of hydrogen-bond acceptors (Lipinski definition) is 7. The molecule has 3 fully saturated rings. The van der Waals surface area contributed by atoms with Gasteiger partial charge in [-0.05, 0) is 56.2 Å². The highest BCUT2D eigenvalue weighted by Gasteiger charge is 2.45. The molecule has 3 aliphatic heterocycles. The van der Waals surface area contributed by atoms with Crippen LogP contribution < -0.4 is 4.90 Å². The number of aromatic nitrogens is 1. The number of nitrogens with zero attached hydrogens (tertiary/aromatic N) is 5. The van der Waals surface area contributed by atoms with Crippen molar-refractivity contribution in [3.8, 4) is 0 Å². The number of likely N-dealkylation sites (tertiary alicyclic amines) is 1. The van der Waals surface area contributed by atoms with Gasteiger partial charge in [0.1, 0.15) is 0 Å². The molecule has 0 spiro atoms. The number of carbonyl (C=O) groups excluding carboxylic acids is 3. The lowest BCUT2D eigenvalue weighted by Gasteiger charge is -2.37. The number of thioether (sulfide) groups is 1. The molecule has 42 heavy (non-hydrogen) atoms. The summed E-state index contributed by atoms with van der Waals surface area (Å²) in [6, 6.07) is 3.78. The molecule has 3 amide bonds. The molecular weight excluding hydrogens is 550 g/mol. The van der Waals surface area contributed by atoms with Gasteiger partial charge in [-0.2, -0.15) is 0 Å². The zero-order valence-corrected chi connectivity index (χ0v) is 26.2. The number of carbonyl (C=O) groups is 3. The highest BCUT2D eigenvalue weighted by atomic mass is 32.2. The first-order valence-corrected chi connectivity index (χ1v) is 16.2. The number of allylic oxidation sites excluding steroid dienone is 1. The molecule has 4 aliphatic rings. The Morgan fingerprint density at radius 1 is 1.19 bits per heavy atom. The van der Waals surface area contributed by atoms with Crippen LogP contribution in [0.2, 0.25) is 0 Å². The molecule has 1 aromatic rings. The van der Waals surface area contributed by atoms with Gasteiger partial charge in [-0.1, -0.05) is 32.9 Å². The molecular formula is C32H45N5O4S. The molecule has 10 heteroatoms. The summed E-state index contributed by atoms with van der Waals surface area (Å²) in [4.78, 5) is 51.7. The highest BCUT2D eigenvalue weighted by Crippen LogP contribution is 2.42. The van der Waals surface area contributed by atoms with Gasteiger partial charge in [-0.25, -0.2) is 0 Å². The van der Waals surface area contributed by atoms with Crippen LogP contribution in [0.25, 0.3) is 0 Å². The van der Waals surface area contributed by atoms with Gasteiger partial charge in [0.25, 0.3) is 0 Å². The zero-order valence-electron chi connectivity index (χ0n) is 25.4. The smallest absolute Gasteiger partial charge is 0.237 e. The Kier molecular flexibility index (Phi) is 9.62. The number of amides is 3. The quantitative estimate of drug-likeness (QED) is 0.420. The van der Waals surface area contributed by atoms with E-state index in [0.717, 1.165) is 56.9 Å². The maximum absolute atomic E-state index is 13.9. The summed E-state index contributed by atoms with van der Waals surface area (Å²) in [5, 5.41) is -0.331. The van der Waals surface area contributed by atoms with E-state index in [4.69, 9.17) is 4.74 Å². The topological polar surface area (TPSA) is 86.3 Å². The molecule has 3 saturated heterocycles. The standard InChI is InChI=1S/C32H45N5O4S/c1-23-27(6-5-13-33-23)36(22-38)25-11-14-35(15-12-25)29(39)20-28-31(40)37(30(42-28)21-32(2,3)4)26-9-7-24(8-10-26)34-16-18-41-19-17-34/h5-9,13,22,25-26,28,30H,10-12,14-21H2,1-4H3. The molecule has 5 rings (SSSR count). The van der Waals surface area contributed by atoms with Crippen LogP contribution in [0.3, 0.4) is 0 Å². The molecule has 1 aromatic heterocycles. The summed E-state index contributed by atoms with van der Waals surface area (Å²) in [5.41, 5.74) is 2.90. The first-order chi connectivity index (χ1) is 20.1. The van der Waals surface area contributed by atoms with Crippen molar-refractivity contribution in [1.82, 2.24) is 19.7 Å². The van der Waals surface area contributed by atoms with Gasteiger partial charge in [0.15, 0.2) is 0 Å². The van der Waals surface area contributed by atoms with Gasteiger partial charge >= 0.3 is 0 Å². The third-order valence-corrected chi connectivity index (χ3v) is 10.1. The average molecular weight is 596 g/mol. The molecule has 0 aromatic carbocycles. The molecule has 228 valence electrons. The number of rotatable bonds is 8. The lowest BCUT2D eigenvalue weighted by atomic mass is 9.91. The zero-order chi connectivity index (χ0) is 29.9. The van der Waals surface area contributed by atoms with E-state index < -0.39 is 0 Å². The molecule has 9 nitrogen and oxygen atoms in total. The van der Waals surface area contributed by atoms with Crippen molar-refractivity contribution >= 4 is 35.7 Å². The third kappa shape index (κ3) is 7.02. The van der Waals surface area contributed by atoms with Crippen LogP contribution in [-0.4, -0.2) is 100 Å². The third-order valence-electron chi connectivity index (χ3n) is 8.68. The summed E-state index contributed by atoms with van der Waals surface area (Å²) in [7, 11) is 0. The molecule has 0 radical (unpaired) electrons. The second kappa shape index (κ2) is 13.2. The Morgan fingerprint density at radius 2 is 1.93 bits per heavy atom. The predicted octanol–water partition coefficient (Wildman–Crippen LogP) is 3.98. The molecule has 3 atom stereocenters. The molecule has 4 heterocycles. The number of aryl methyl sites for hydroxylation is 1. The van der Waals surface area contributed by atoms with Gasteiger partial charge < -0.3 is 24.3 Å². The first-order valence-electron chi connectivity index (χ1n) is 15.3. The van der Waals surface area contributed by atoms with Crippen LogP contribution in [0.5, 0.6) is 0 Å². The van der Waals surface area contributed by atoms with Gasteiger partial charge in [-0.3, -0.25) is 19.4 Å². The van der Waals surface area contributed by atoms with E-state index >= 15 is 0 Å². The van der Waals surface area contributed by atoms with Crippen LogP contribution in [0.4, 0.5) is 5.69 Å². The van der Waals surface area contributed by atoms with Crippen molar-refractivity contribution in [2.24, 2.45) is 5.41 Å². The minimum absolute atomic E-state index is 0.00300. The average Bonchev–Trinajstić information content (AvgIpc) is 3.27. The van der Waals surface area contributed by atoms with Crippen LogP contribution in [-0.2, 0) is 19.1 Å². The van der Waals surface area contributed by atoms with Crippen molar-refractivity contribution in [1.29, 1.82) is 0 Å². The minimum Gasteiger partial charge on any atom is -0.378 e. The Bertz CT molecular complexity index is 1200. The predicted molar refractivity (Wildman–Crippen MR) is 166 cm³/mol. The fraction of sp³-hybridized carbons (Fsp3) is 0.625. The van der Waals surface area contributed by atoms with Gasteiger partial charge in [0, 0.05) is 50.5 Å². The molecule has 3 unspecified atom stereocenters. The number of pyridine rings is 1. The van der Waals surface area contributed by atoms with Gasteiger partial charge in [-0.15, -0.1) is 11.8 Å². The number of hydrogen-bond donors (Lipinski definition) is 0. The summed E-state index contributed by atoms with van der Waals surface area (Å²) in [6.07, 6.45) is 12.5. The van der Waals surface area contributed by atoms with Crippen LogP contribution in [0.1, 0.15) is 58.6 Å². The lowest BCUT2D eigenvalue weighted by molar-refractivity contribution is -0.137. The van der Waals surface area contributed by atoms with Gasteiger partial charge in [0.05, 0.1) is 41.3 Å². The Hall–Kier alpha value is -2.85. The number of morpholine rings is 1. The second-order valence-corrected chi connectivity index (χ2v) is 14.3. The van der Waals surface area contributed by atoms with E-state index in [9.17, 15) is 14.4 Å². The van der Waals surface area contributed by atoms with Crippen molar-refractivity contribution < 1.29 is 19.1 Å². The normalized spacial score (nSPS) is 25.5. The Balaban J connectivity index is 1.20. The minimum atomic E-state index is -0.370. The SMILES string of the molecule is Cc1ncccc1N(C=O)C1CCN(C(=O)CC2SC(CC(C)(C)C)N(C3C=CC(N4CCOCC4)=CC3)C2=O)CC1. The lowest BCUT2D eigenvalue weighted by Crippen LogP contribution is -2.48. The number of ether oxygens (including phenoxy) is 1. The maximum atomic E-state index is 13.9. The van der Waals surface area contributed by atoms with E-state index in [1.807, 2.05) is 24.0 Å². The summed E-state index contributed by atoms with van der Waals surface area (Å²) < 4.78 is 5.50. The largest absolute Gasteiger partial charge is 0.378 e. The molecule has 0 saturated carbocycles. The van der Waals surface area contributed by atoms with Gasteiger partial charge in [0.2, 0.25) is 18.2 Å². The van der Waals surface area contributed by atoms with Crippen LogP contribution in [0.15, 0.2) is 42.3 Å². The fourth-order valence-electron chi connectivity index (χ4n) is 6.43. The summed E-state index contributed by atoms with van der Waals surface area (Å²) in [6.45, 7) is 13.0. The van der Waals surface area contributed by atoms with Crippen molar-refractivity contribution in [3.05, 3.63) is 47.9 Å². The van der Waals surface area contributed by atoms with E-state index in [2.05, 4.69) is 53.8 Å². The Morgan fingerprint density at radius 3 is 2.55 bits per heavy atom. The van der Waals surface area contributed by atoms with E-state index in [0.29, 0.717) is 25.9 Å². The van der Waals surface area contributed by atoms with Crippen molar-refractivity contribution in [2.45, 2.75) is 82.5 Å². The van der Waals surface area contributed by atoms with Crippen LogP contribution in [0, 0.1) is 12.3 Å². The molecule has 0 bridgehead atoms. The maximum Gasteiger partial charge on any atom is 0.237 e. The summed E-state index contributed by atoms with van der Waals surface area (Å²) >= 11 is 1.66. The monoisotopic (exact) mass is 595 g/mol. The number of anilines is 1. The highest BCUT2D eigenvalue weighted by molar-refractivity contribution is 8.01. The Labute approximate surface area is 254 Å². The van der Waals surface area contributed by atoms with Crippen LogP contribution >= 0.6 is 11.8 Å². The van der Waals surface area contributed by atoms with E-state index in [-0.39, 0.29) is 46.4 Å². The van der Waals surface area contributed by atoms with E-state index in [1.165, 1.54) is 5.70 Å². The number of piperidine rings is 1. The second-order valence-electron chi connectivity index (χ2n) is 12.9. The molecule has 0 N–H and O–H groups in total. The first kappa shape index (κ1) is 30.6.